The second kappa shape index (κ2) is 8.17. The highest BCUT2D eigenvalue weighted by Crippen LogP contribution is 2.33. The van der Waals surface area contributed by atoms with Crippen LogP contribution < -0.4 is 0 Å². The number of aldehydes is 1. The number of carbonyl (C=O) groups is 2. The van der Waals surface area contributed by atoms with Crippen LogP contribution in [0.4, 0.5) is 0 Å². The number of ether oxygens (including phenoxy) is 2. The predicted octanol–water partition coefficient (Wildman–Crippen LogP) is 2.88. The zero-order valence-electron chi connectivity index (χ0n) is 11.7. The van der Waals surface area contributed by atoms with E-state index in [9.17, 15) is 9.59 Å². The molecule has 0 aliphatic heterocycles. The minimum atomic E-state index is -0.978. The van der Waals surface area contributed by atoms with Gasteiger partial charge in [-0.3, -0.25) is 4.79 Å². The molecule has 0 aliphatic carbocycles. The molecule has 0 saturated heterocycles. The first-order valence-corrected chi connectivity index (χ1v) is 7.26. The number of carbonyl (C=O) groups excluding carboxylic acids is 2. The summed E-state index contributed by atoms with van der Waals surface area (Å²) in [5.41, 5.74) is -0.211. The van der Waals surface area contributed by atoms with Gasteiger partial charge in [-0.2, -0.15) is 0 Å². The van der Waals surface area contributed by atoms with Crippen molar-refractivity contribution in [2.45, 2.75) is 25.2 Å². The fourth-order valence-electron chi connectivity index (χ4n) is 2.12. The van der Waals surface area contributed by atoms with Crippen LogP contribution in [-0.2, 0) is 24.5 Å². The molecule has 0 aliphatic rings. The maximum atomic E-state index is 12.4. The molecule has 4 nitrogen and oxygen atoms in total. The zero-order chi connectivity index (χ0) is 15.0. The zero-order valence-corrected chi connectivity index (χ0v) is 13.3. The van der Waals surface area contributed by atoms with Crippen molar-refractivity contribution >= 4 is 28.2 Å². The van der Waals surface area contributed by atoms with Crippen LogP contribution in [0, 0.1) is 0 Å². The topological polar surface area (TPSA) is 52.6 Å². The van der Waals surface area contributed by atoms with E-state index in [-0.39, 0.29) is 19.0 Å². The van der Waals surface area contributed by atoms with Crippen molar-refractivity contribution in [3.05, 3.63) is 34.3 Å². The van der Waals surface area contributed by atoms with Crippen LogP contribution in [0.2, 0.25) is 0 Å². The minimum Gasteiger partial charge on any atom is -0.465 e. The van der Waals surface area contributed by atoms with Gasteiger partial charge in [-0.1, -0.05) is 28.1 Å². The number of hydrogen-bond donors (Lipinski definition) is 0. The SMILES string of the molecule is CCOC(=O)C(CC=O)(CCOC)c1ccc(Br)cc1. The van der Waals surface area contributed by atoms with Gasteiger partial charge in [0.15, 0.2) is 0 Å². The summed E-state index contributed by atoms with van der Waals surface area (Å²) in [6, 6.07) is 7.36. The van der Waals surface area contributed by atoms with Crippen LogP contribution in [0.3, 0.4) is 0 Å². The maximum absolute atomic E-state index is 12.4. The maximum Gasteiger partial charge on any atom is 0.317 e. The van der Waals surface area contributed by atoms with E-state index in [1.165, 1.54) is 0 Å². The monoisotopic (exact) mass is 342 g/mol. The molecule has 5 heteroatoms. The van der Waals surface area contributed by atoms with Crippen molar-refractivity contribution in [2.75, 3.05) is 20.3 Å². The summed E-state index contributed by atoms with van der Waals surface area (Å²) in [6.45, 7) is 2.41. The Morgan fingerprint density at radius 1 is 1.35 bits per heavy atom. The number of halogens is 1. The molecule has 20 heavy (non-hydrogen) atoms. The van der Waals surface area contributed by atoms with Crippen molar-refractivity contribution in [1.82, 2.24) is 0 Å². The lowest BCUT2D eigenvalue weighted by Crippen LogP contribution is -2.39. The smallest absolute Gasteiger partial charge is 0.317 e. The molecule has 110 valence electrons. The predicted molar refractivity (Wildman–Crippen MR) is 79.6 cm³/mol. The molecule has 1 aromatic carbocycles. The fourth-order valence-corrected chi connectivity index (χ4v) is 2.39. The van der Waals surface area contributed by atoms with E-state index in [2.05, 4.69) is 15.9 Å². The lowest BCUT2D eigenvalue weighted by atomic mass is 9.75. The molecule has 0 heterocycles. The Balaban J connectivity index is 3.22. The van der Waals surface area contributed by atoms with Crippen LogP contribution in [-0.4, -0.2) is 32.6 Å². The Kier molecular flexibility index (Phi) is 6.88. The van der Waals surface area contributed by atoms with Crippen LogP contribution in [0.1, 0.15) is 25.3 Å². The Labute approximate surface area is 127 Å². The fraction of sp³-hybridized carbons (Fsp3) is 0.467. The number of hydrogen-bond acceptors (Lipinski definition) is 4. The average molecular weight is 343 g/mol. The summed E-state index contributed by atoms with van der Waals surface area (Å²) in [7, 11) is 1.57. The van der Waals surface area contributed by atoms with E-state index in [1.54, 1.807) is 14.0 Å². The number of rotatable bonds is 8. The van der Waals surface area contributed by atoms with Gasteiger partial charge in [0.05, 0.1) is 6.61 Å². The third-order valence-electron chi connectivity index (χ3n) is 3.23. The van der Waals surface area contributed by atoms with Gasteiger partial charge in [-0.25, -0.2) is 0 Å². The summed E-state index contributed by atoms with van der Waals surface area (Å²) in [6.07, 6.45) is 1.24. The third kappa shape index (κ3) is 3.90. The van der Waals surface area contributed by atoms with Gasteiger partial charge in [0, 0.05) is 24.6 Å². The van der Waals surface area contributed by atoms with Crippen molar-refractivity contribution < 1.29 is 19.1 Å². The largest absolute Gasteiger partial charge is 0.465 e. The van der Waals surface area contributed by atoms with Gasteiger partial charge in [0.1, 0.15) is 11.7 Å². The molecule has 1 aromatic rings. The summed E-state index contributed by atoms with van der Waals surface area (Å²) in [4.78, 5) is 23.5. The quantitative estimate of drug-likeness (QED) is 0.538. The molecular weight excluding hydrogens is 324 g/mol. The second-order valence-corrected chi connectivity index (χ2v) is 5.34. The van der Waals surface area contributed by atoms with Gasteiger partial charge < -0.3 is 14.3 Å². The van der Waals surface area contributed by atoms with Crippen LogP contribution in [0.5, 0.6) is 0 Å². The van der Waals surface area contributed by atoms with Crippen LogP contribution in [0.25, 0.3) is 0 Å². The molecule has 0 N–H and O–H groups in total. The molecule has 0 saturated carbocycles. The lowest BCUT2D eigenvalue weighted by molar-refractivity contribution is -0.152. The standard InChI is InChI=1S/C15H19BrO4/c1-3-20-14(18)15(8-10-17,9-11-19-2)12-4-6-13(16)7-5-12/h4-7,10H,3,8-9,11H2,1-2H3. The van der Waals surface area contributed by atoms with Crippen molar-refractivity contribution in [2.24, 2.45) is 0 Å². The molecule has 0 aromatic heterocycles. The Hall–Kier alpha value is -1.20. The first-order chi connectivity index (χ1) is 9.60. The van der Waals surface area contributed by atoms with Gasteiger partial charge >= 0.3 is 5.97 Å². The summed E-state index contributed by atoms with van der Waals surface area (Å²) < 4.78 is 11.2. The first-order valence-electron chi connectivity index (χ1n) is 6.46. The molecule has 0 radical (unpaired) electrons. The van der Waals surface area contributed by atoms with E-state index in [0.29, 0.717) is 13.0 Å². The Bertz CT molecular complexity index is 444. The Morgan fingerprint density at radius 2 is 2.00 bits per heavy atom. The highest BCUT2D eigenvalue weighted by atomic mass is 79.9. The van der Waals surface area contributed by atoms with Crippen LogP contribution >= 0.6 is 15.9 Å². The molecular formula is C15H19BrO4. The molecule has 1 rings (SSSR count). The van der Waals surface area contributed by atoms with Crippen LogP contribution in [0.15, 0.2) is 28.7 Å². The normalized spacial score (nSPS) is 13.6. The van der Waals surface area contributed by atoms with Gasteiger partial charge in [0.2, 0.25) is 0 Å². The van der Waals surface area contributed by atoms with Gasteiger partial charge in [0.25, 0.3) is 0 Å². The molecule has 1 atom stereocenters. The minimum absolute atomic E-state index is 0.0802. The van der Waals surface area contributed by atoms with E-state index in [4.69, 9.17) is 9.47 Å². The molecule has 0 amide bonds. The van der Waals surface area contributed by atoms with Gasteiger partial charge in [-0.15, -0.1) is 0 Å². The van der Waals surface area contributed by atoms with Crippen molar-refractivity contribution in [3.8, 4) is 0 Å². The highest BCUT2D eigenvalue weighted by Gasteiger charge is 2.41. The molecule has 1 unspecified atom stereocenters. The first kappa shape index (κ1) is 16.9. The number of methoxy groups -OCH3 is 1. The van der Waals surface area contributed by atoms with Gasteiger partial charge in [-0.05, 0) is 31.0 Å². The van der Waals surface area contributed by atoms with E-state index < -0.39 is 5.41 Å². The van der Waals surface area contributed by atoms with Crippen molar-refractivity contribution in [1.29, 1.82) is 0 Å². The summed E-state index contributed by atoms with van der Waals surface area (Å²) in [5.74, 6) is -0.383. The molecule has 0 bridgehead atoms. The van der Waals surface area contributed by atoms with Crippen molar-refractivity contribution in [3.63, 3.8) is 0 Å². The lowest BCUT2D eigenvalue weighted by Gasteiger charge is -2.30. The third-order valence-corrected chi connectivity index (χ3v) is 3.76. The van der Waals surface area contributed by atoms with E-state index in [0.717, 1.165) is 16.3 Å². The highest BCUT2D eigenvalue weighted by molar-refractivity contribution is 9.10. The summed E-state index contributed by atoms with van der Waals surface area (Å²) in [5, 5.41) is 0. The molecule has 0 spiro atoms. The molecule has 0 fully saturated rings. The Morgan fingerprint density at radius 3 is 2.50 bits per heavy atom. The summed E-state index contributed by atoms with van der Waals surface area (Å²) >= 11 is 3.36. The average Bonchev–Trinajstić information content (AvgIpc) is 2.44. The van der Waals surface area contributed by atoms with E-state index >= 15 is 0 Å². The number of esters is 1. The van der Waals surface area contributed by atoms with E-state index in [1.807, 2.05) is 24.3 Å². The number of benzene rings is 1. The second-order valence-electron chi connectivity index (χ2n) is 4.42.